The second-order valence-corrected chi connectivity index (χ2v) is 4.09. The molecule has 1 aromatic carbocycles. The predicted molar refractivity (Wildman–Crippen MR) is 60.4 cm³/mol. The maximum atomic E-state index is 13.6. The first-order valence-corrected chi connectivity index (χ1v) is 5.21. The zero-order chi connectivity index (χ0) is 12.6. The Balaban J connectivity index is 2.64. The van der Waals surface area contributed by atoms with E-state index in [-0.39, 0.29) is 23.1 Å². The fraction of sp³-hybridized carbons (Fsp3) is 0.250. The Kier molecular flexibility index (Phi) is 2.83. The van der Waals surface area contributed by atoms with Crippen LogP contribution in [0.4, 0.5) is 14.6 Å². The Hall–Kier alpha value is -1.91. The lowest BCUT2D eigenvalue weighted by Crippen LogP contribution is -1.96. The van der Waals surface area contributed by atoms with Crippen molar-refractivity contribution in [3.63, 3.8) is 0 Å². The fourth-order valence-electron chi connectivity index (χ4n) is 1.73. The van der Waals surface area contributed by atoms with Crippen molar-refractivity contribution in [3.8, 4) is 11.3 Å². The van der Waals surface area contributed by atoms with Gasteiger partial charge in [-0.1, -0.05) is 19.0 Å². The normalized spacial score (nSPS) is 11.1. The molecule has 1 aromatic heterocycles. The minimum Gasteiger partial charge on any atom is -0.381 e. The molecular formula is C12H12F2N2O. The Morgan fingerprint density at radius 3 is 2.65 bits per heavy atom. The van der Waals surface area contributed by atoms with Crippen LogP contribution in [0.5, 0.6) is 0 Å². The Morgan fingerprint density at radius 2 is 2.00 bits per heavy atom. The van der Waals surface area contributed by atoms with Crippen LogP contribution in [0, 0.1) is 11.6 Å². The van der Waals surface area contributed by atoms with Crippen molar-refractivity contribution in [2.75, 3.05) is 5.73 Å². The summed E-state index contributed by atoms with van der Waals surface area (Å²) in [7, 11) is 0. The maximum absolute atomic E-state index is 13.6. The molecule has 5 heteroatoms. The number of rotatable bonds is 2. The fourth-order valence-corrected chi connectivity index (χ4v) is 1.73. The Bertz CT molecular complexity index is 549. The predicted octanol–water partition coefficient (Wildman–Crippen LogP) is 3.33. The number of nitrogens with two attached hydrogens (primary N) is 1. The van der Waals surface area contributed by atoms with E-state index in [0.29, 0.717) is 5.56 Å². The molecule has 0 atom stereocenters. The largest absolute Gasteiger partial charge is 0.381 e. The lowest BCUT2D eigenvalue weighted by molar-refractivity contribution is 0.431. The Morgan fingerprint density at radius 1 is 1.29 bits per heavy atom. The van der Waals surface area contributed by atoms with Gasteiger partial charge in [0.2, 0.25) is 0 Å². The lowest BCUT2D eigenvalue weighted by atomic mass is 9.99. The molecule has 2 N–H and O–H groups in total. The van der Waals surface area contributed by atoms with E-state index in [9.17, 15) is 8.78 Å². The van der Waals surface area contributed by atoms with Gasteiger partial charge in [0, 0.05) is 5.56 Å². The maximum Gasteiger partial charge on any atom is 0.175 e. The molecule has 17 heavy (non-hydrogen) atoms. The van der Waals surface area contributed by atoms with Crippen LogP contribution in [0.25, 0.3) is 11.3 Å². The number of nitrogen functional groups attached to an aromatic ring is 1. The molecule has 0 amide bonds. The van der Waals surface area contributed by atoms with Gasteiger partial charge < -0.3 is 10.3 Å². The average Bonchev–Trinajstić information content (AvgIpc) is 2.64. The van der Waals surface area contributed by atoms with Gasteiger partial charge in [-0.05, 0) is 24.1 Å². The Labute approximate surface area is 97.2 Å². The minimum absolute atomic E-state index is 0.0129. The highest BCUT2D eigenvalue weighted by Gasteiger charge is 2.21. The van der Waals surface area contributed by atoms with Crippen molar-refractivity contribution in [1.82, 2.24) is 5.16 Å². The number of aromatic nitrogens is 1. The molecule has 0 saturated heterocycles. The van der Waals surface area contributed by atoms with Crippen LogP contribution in [0.1, 0.15) is 25.3 Å². The summed E-state index contributed by atoms with van der Waals surface area (Å²) in [5.41, 5.74) is 6.28. The summed E-state index contributed by atoms with van der Waals surface area (Å²) in [4.78, 5) is 0. The quantitative estimate of drug-likeness (QED) is 0.873. The molecule has 3 nitrogen and oxygen atoms in total. The second kappa shape index (κ2) is 4.16. The van der Waals surface area contributed by atoms with Crippen molar-refractivity contribution in [2.45, 2.75) is 19.8 Å². The monoisotopic (exact) mass is 238 g/mol. The molecular weight excluding hydrogens is 226 g/mol. The molecule has 0 aliphatic carbocycles. The van der Waals surface area contributed by atoms with Crippen LogP contribution < -0.4 is 5.73 Å². The van der Waals surface area contributed by atoms with Crippen LogP contribution in [-0.4, -0.2) is 5.16 Å². The summed E-state index contributed by atoms with van der Waals surface area (Å²) in [5.74, 6) is -0.692. The molecule has 90 valence electrons. The van der Waals surface area contributed by atoms with E-state index in [0.717, 1.165) is 18.2 Å². The van der Waals surface area contributed by atoms with Gasteiger partial charge in [-0.2, -0.15) is 0 Å². The number of benzene rings is 1. The van der Waals surface area contributed by atoms with Gasteiger partial charge >= 0.3 is 0 Å². The van der Waals surface area contributed by atoms with Crippen LogP contribution in [0.15, 0.2) is 22.7 Å². The first kappa shape index (κ1) is 11.6. The van der Waals surface area contributed by atoms with E-state index in [2.05, 4.69) is 5.16 Å². The highest BCUT2D eigenvalue weighted by Crippen LogP contribution is 2.34. The topological polar surface area (TPSA) is 52.0 Å². The summed E-state index contributed by atoms with van der Waals surface area (Å²) in [5, 5.41) is 3.60. The third-order valence-electron chi connectivity index (χ3n) is 2.51. The van der Waals surface area contributed by atoms with Crippen molar-refractivity contribution in [2.24, 2.45) is 0 Å². The smallest absolute Gasteiger partial charge is 0.175 e. The molecule has 0 fully saturated rings. The molecule has 0 aliphatic heterocycles. The third-order valence-corrected chi connectivity index (χ3v) is 2.51. The number of nitrogens with zero attached hydrogens (tertiary/aromatic N) is 1. The van der Waals surface area contributed by atoms with Gasteiger partial charge in [-0.15, -0.1) is 0 Å². The number of anilines is 1. The van der Waals surface area contributed by atoms with Crippen LogP contribution >= 0.6 is 0 Å². The zero-order valence-corrected chi connectivity index (χ0v) is 9.50. The van der Waals surface area contributed by atoms with Gasteiger partial charge in [0.05, 0.1) is 5.56 Å². The summed E-state index contributed by atoms with van der Waals surface area (Å²) in [6.45, 7) is 3.76. The summed E-state index contributed by atoms with van der Waals surface area (Å²) < 4.78 is 31.7. The van der Waals surface area contributed by atoms with Crippen molar-refractivity contribution in [1.29, 1.82) is 0 Å². The summed E-state index contributed by atoms with van der Waals surface area (Å²) >= 11 is 0. The molecule has 2 aromatic rings. The summed E-state index contributed by atoms with van der Waals surface area (Å²) in [6.07, 6.45) is 0. The van der Waals surface area contributed by atoms with Gasteiger partial charge in [0.1, 0.15) is 11.6 Å². The third kappa shape index (κ3) is 2.00. The lowest BCUT2D eigenvalue weighted by Gasteiger charge is -2.06. The summed E-state index contributed by atoms with van der Waals surface area (Å²) in [6, 6.07) is 3.17. The molecule has 0 unspecified atom stereocenters. The molecule has 0 aliphatic rings. The highest BCUT2D eigenvalue weighted by molar-refractivity contribution is 5.67. The van der Waals surface area contributed by atoms with Crippen molar-refractivity contribution < 1.29 is 13.3 Å². The van der Waals surface area contributed by atoms with E-state index in [1.54, 1.807) is 0 Å². The molecule has 1 heterocycles. The van der Waals surface area contributed by atoms with E-state index in [1.165, 1.54) is 0 Å². The van der Waals surface area contributed by atoms with E-state index in [4.69, 9.17) is 10.3 Å². The van der Waals surface area contributed by atoms with Crippen LogP contribution in [0.2, 0.25) is 0 Å². The van der Waals surface area contributed by atoms with Gasteiger partial charge in [0.15, 0.2) is 11.6 Å². The number of halogens is 2. The van der Waals surface area contributed by atoms with E-state index < -0.39 is 11.6 Å². The van der Waals surface area contributed by atoms with E-state index >= 15 is 0 Å². The number of hydrogen-bond donors (Lipinski definition) is 1. The molecule has 0 bridgehead atoms. The molecule has 0 spiro atoms. The van der Waals surface area contributed by atoms with Crippen molar-refractivity contribution >= 4 is 5.82 Å². The van der Waals surface area contributed by atoms with E-state index in [1.807, 2.05) is 13.8 Å². The van der Waals surface area contributed by atoms with Gasteiger partial charge in [0.25, 0.3) is 0 Å². The van der Waals surface area contributed by atoms with Crippen LogP contribution in [0.3, 0.4) is 0 Å². The SMILES string of the molecule is CC(C)c1c(N)noc1-c1cc(F)ccc1F. The average molecular weight is 238 g/mol. The van der Waals surface area contributed by atoms with Crippen LogP contribution in [-0.2, 0) is 0 Å². The first-order chi connectivity index (χ1) is 8.00. The highest BCUT2D eigenvalue weighted by atomic mass is 19.1. The molecule has 0 radical (unpaired) electrons. The second-order valence-electron chi connectivity index (χ2n) is 4.09. The standard InChI is InChI=1S/C12H12F2N2O/c1-6(2)10-11(17-16-12(10)15)8-5-7(13)3-4-9(8)14/h3-6H,1-2H3,(H2,15,16). The van der Waals surface area contributed by atoms with Gasteiger partial charge in [-0.3, -0.25) is 0 Å². The van der Waals surface area contributed by atoms with Gasteiger partial charge in [-0.25, -0.2) is 8.78 Å². The van der Waals surface area contributed by atoms with Crippen molar-refractivity contribution in [3.05, 3.63) is 35.4 Å². The minimum atomic E-state index is -0.565. The first-order valence-electron chi connectivity index (χ1n) is 5.21. The molecule has 2 rings (SSSR count). The molecule has 0 saturated carbocycles. The zero-order valence-electron chi connectivity index (χ0n) is 9.50. The number of hydrogen-bond acceptors (Lipinski definition) is 3.